The molecule has 0 unspecified atom stereocenters. The van der Waals surface area contributed by atoms with Crippen molar-refractivity contribution >= 4 is 33.2 Å². The van der Waals surface area contributed by atoms with Gasteiger partial charge in [0, 0.05) is 44.2 Å². The average molecular weight is 802 g/mol. The van der Waals surface area contributed by atoms with Crippen LogP contribution in [0.1, 0.15) is 11.1 Å². The van der Waals surface area contributed by atoms with Crippen molar-refractivity contribution < 1.29 is 0 Å². The summed E-state index contributed by atoms with van der Waals surface area (Å²) in [5.41, 5.74) is 13.8. The number of nitrogens with zero attached hydrogens (tertiary/aromatic N) is 7. The van der Waals surface area contributed by atoms with Crippen molar-refractivity contribution in [2.45, 2.75) is 0 Å². The van der Waals surface area contributed by atoms with Crippen molar-refractivity contribution in [3.8, 4) is 85.1 Å². The summed E-state index contributed by atoms with van der Waals surface area (Å²) in [6.45, 7) is 15.7. The zero-order chi connectivity index (χ0) is 42.9. The van der Waals surface area contributed by atoms with Gasteiger partial charge in [0.15, 0.2) is 17.2 Å². The first kappa shape index (κ1) is 37.8. The van der Waals surface area contributed by atoms with E-state index >= 15 is 0 Å². The molecule has 63 heavy (non-hydrogen) atoms. The Kier molecular flexibility index (Phi) is 9.60. The van der Waals surface area contributed by atoms with E-state index in [1.165, 1.54) is 0 Å². The Bertz CT molecular complexity index is 3450. The molecular weight excluding hydrogens is 771 g/mol. The molecule has 0 aliphatic rings. The lowest BCUT2D eigenvalue weighted by Gasteiger charge is -2.21. The van der Waals surface area contributed by atoms with Gasteiger partial charge in [0.1, 0.15) is 0 Å². The van der Waals surface area contributed by atoms with Crippen LogP contribution in [-0.4, -0.2) is 14.5 Å². The van der Waals surface area contributed by atoms with Gasteiger partial charge in [-0.25, -0.2) is 19.7 Å². The molecule has 0 aliphatic heterocycles. The number of rotatable bonds is 7. The Morgan fingerprint density at radius 2 is 1.00 bits per heavy atom. The molecule has 0 radical (unpaired) electrons. The largest absolute Gasteiger partial charge is 0.308 e. The molecule has 0 amide bonds. The Morgan fingerprint density at radius 1 is 0.413 bits per heavy atom. The third kappa shape index (κ3) is 7.01. The van der Waals surface area contributed by atoms with Crippen molar-refractivity contribution in [2.24, 2.45) is 0 Å². The Labute approximate surface area is 364 Å². The highest BCUT2D eigenvalue weighted by molar-refractivity contribution is 6.12. The Hall–Kier alpha value is -9.40. The molecule has 7 nitrogen and oxygen atoms in total. The fourth-order valence-electron chi connectivity index (χ4n) is 8.33. The number of benzene rings is 8. The smallest absolute Gasteiger partial charge is 0.189 e. The van der Waals surface area contributed by atoms with E-state index in [1.807, 2.05) is 140 Å². The van der Waals surface area contributed by atoms with Gasteiger partial charge in [-0.3, -0.25) is 0 Å². The zero-order valence-corrected chi connectivity index (χ0v) is 33.5. The van der Waals surface area contributed by atoms with Crippen LogP contribution in [0.4, 0.5) is 11.4 Å². The second-order valence-electron chi connectivity index (χ2n) is 15.0. The van der Waals surface area contributed by atoms with E-state index < -0.39 is 0 Å². The van der Waals surface area contributed by atoms with Crippen molar-refractivity contribution in [2.75, 3.05) is 0 Å². The van der Waals surface area contributed by atoms with Crippen molar-refractivity contribution in [1.82, 2.24) is 14.5 Å². The average Bonchev–Trinajstić information content (AvgIpc) is 3.69. The maximum atomic E-state index is 10.2. The highest BCUT2D eigenvalue weighted by Crippen LogP contribution is 2.45. The number of hydrogen-bond donors (Lipinski definition) is 0. The number of aromatic nitrogens is 3. The normalized spacial score (nSPS) is 10.8. The molecule has 0 bridgehead atoms. The predicted molar refractivity (Wildman–Crippen MR) is 251 cm³/mol. The lowest BCUT2D eigenvalue weighted by atomic mass is 9.91. The molecular formula is C56H31N7. The van der Waals surface area contributed by atoms with Crippen LogP contribution in [0.5, 0.6) is 0 Å². The molecule has 0 fully saturated rings. The van der Waals surface area contributed by atoms with Crippen LogP contribution in [0.2, 0.25) is 0 Å². The molecule has 10 aromatic rings. The molecule has 0 spiro atoms. The summed E-state index contributed by atoms with van der Waals surface area (Å²) in [7, 11) is 0. The highest BCUT2D eigenvalue weighted by Gasteiger charge is 2.23. The molecule has 2 aromatic heterocycles. The SMILES string of the molecule is [C-]#[N+]c1cc(C#N)cc(-c2ccc3c(c2)c2ccccc2n3-c2c(-c3cccc(C#N)c3)cc(-c3cc(-c4ccccc4)nc(-c4ccccc4)n3)cc2-c2cccc([N+]#[C-])c2)c1. The first-order valence-corrected chi connectivity index (χ1v) is 20.2. The summed E-state index contributed by atoms with van der Waals surface area (Å²) in [4.78, 5) is 17.8. The van der Waals surface area contributed by atoms with Gasteiger partial charge in [0.2, 0.25) is 0 Å². The number of hydrogen-bond acceptors (Lipinski definition) is 4. The lowest BCUT2D eigenvalue weighted by molar-refractivity contribution is 1.17. The van der Waals surface area contributed by atoms with Gasteiger partial charge < -0.3 is 4.57 Å². The first-order valence-electron chi connectivity index (χ1n) is 20.2. The van der Waals surface area contributed by atoms with Gasteiger partial charge in [-0.05, 0) is 95.1 Å². The van der Waals surface area contributed by atoms with Crippen LogP contribution >= 0.6 is 0 Å². The number of para-hydroxylation sites is 1. The molecule has 2 heterocycles. The molecule has 290 valence electrons. The Morgan fingerprint density at radius 3 is 1.71 bits per heavy atom. The topological polar surface area (TPSA) is 87.0 Å². The van der Waals surface area contributed by atoms with Crippen LogP contribution in [0.3, 0.4) is 0 Å². The molecule has 0 saturated carbocycles. The summed E-state index contributed by atoms with van der Waals surface area (Å²) in [5.74, 6) is 0.586. The van der Waals surface area contributed by atoms with Crippen LogP contribution in [0, 0.1) is 35.8 Å². The molecule has 8 aromatic carbocycles. The molecule has 7 heteroatoms. The van der Waals surface area contributed by atoms with Crippen LogP contribution in [0.15, 0.2) is 188 Å². The minimum absolute atomic E-state index is 0.401. The maximum absolute atomic E-state index is 10.2. The van der Waals surface area contributed by atoms with Gasteiger partial charge in [-0.1, -0.05) is 115 Å². The lowest BCUT2D eigenvalue weighted by Crippen LogP contribution is -2.03. The number of nitriles is 2. The fourth-order valence-corrected chi connectivity index (χ4v) is 8.33. The molecule has 0 N–H and O–H groups in total. The van der Waals surface area contributed by atoms with E-state index in [0.717, 1.165) is 83.3 Å². The maximum Gasteiger partial charge on any atom is 0.189 e. The van der Waals surface area contributed by atoms with Gasteiger partial charge >= 0.3 is 0 Å². The monoisotopic (exact) mass is 801 g/mol. The van der Waals surface area contributed by atoms with Crippen molar-refractivity contribution in [3.63, 3.8) is 0 Å². The van der Waals surface area contributed by atoms with Crippen molar-refractivity contribution in [1.29, 1.82) is 10.5 Å². The van der Waals surface area contributed by atoms with E-state index in [1.54, 1.807) is 12.1 Å². The van der Waals surface area contributed by atoms with Crippen LogP contribution in [0.25, 0.3) is 104 Å². The van der Waals surface area contributed by atoms with Crippen LogP contribution < -0.4 is 0 Å². The predicted octanol–water partition coefficient (Wildman–Crippen LogP) is 14.4. The van der Waals surface area contributed by atoms with Crippen LogP contribution in [-0.2, 0) is 0 Å². The van der Waals surface area contributed by atoms with E-state index in [4.69, 9.17) is 23.1 Å². The summed E-state index contributed by atoms with van der Waals surface area (Å²) >= 11 is 0. The third-order valence-corrected chi connectivity index (χ3v) is 11.2. The van der Waals surface area contributed by atoms with Gasteiger partial charge in [0.25, 0.3) is 0 Å². The second kappa shape index (κ2) is 16.0. The molecule has 10 rings (SSSR count). The van der Waals surface area contributed by atoms with Gasteiger partial charge in [0.05, 0.1) is 59.0 Å². The fraction of sp³-hybridized carbons (Fsp3) is 0. The Balaban J connectivity index is 1.32. The van der Waals surface area contributed by atoms with E-state index in [-0.39, 0.29) is 0 Å². The summed E-state index contributed by atoms with van der Waals surface area (Å²) in [6.07, 6.45) is 0. The molecule has 0 aliphatic carbocycles. The minimum atomic E-state index is 0.401. The summed E-state index contributed by atoms with van der Waals surface area (Å²) < 4.78 is 2.27. The quantitative estimate of drug-likeness (QED) is 0.150. The zero-order valence-electron chi connectivity index (χ0n) is 33.5. The van der Waals surface area contributed by atoms with Crippen molar-refractivity contribution in [3.05, 3.63) is 222 Å². The molecule has 0 saturated heterocycles. The number of fused-ring (bicyclic) bond motifs is 3. The second-order valence-corrected chi connectivity index (χ2v) is 15.0. The third-order valence-electron chi connectivity index (χ3n) is 11.2. The van der Waals surface area contributed by atoms with E-state index in [9.17, 15) is 10.5 Å². The standard InChI is InChI=1S/C56H31N7/c1-59-45-20-12-19-42(28-45)49-32-44(52-33-51(38-14-5-3-6-15-38)61-56(62-52)39-16-7-4-8-17-39)31-48(41-18-11-13-36(25-41)34-57)55(49)63-53-22-10-9-21-47(53)50-30-40(23-24-54(50)63)43-26-37(35-58)27-46(29-43)60-2/h3-33H. The summed E-state index contributed by atoms with van der Waals surface area (Å²) in [5, 5.41) is 22.0. The van der Waals surface area contributed by atoms with E-state index in [0.29, 0.717) is 34.0 Å². The first-order chi connectivity index (χ1) is 31.0. The van der Waals surface area contributed by atoms with Gasteiger partial charge in [-0.2, -0.15) is 10.5 Å². The van der Waals surface area contributed by atoms with Gasteiger partial charge in [-0.15, -0.1) is 0 Å². The van der Waals surface area contributed by atoms with E-state index in [2.05, 4.69) is 62.8 Å². The minimum Gasteiger partial charge on any atom is -0.308 e. The summed E-state index contributed by atoms with van der Waals surface area (Å²) in [6, 6.07) is 65.9. The highest BCUT2D eigenvalue weighted by atomic mass is 15.0. The molecule has 0 atom stereocenters.